The van der Waals surface area contributed by atoms with Crippen LogP contribution in [-0.4, -0.2) is 27.2 Å². The number of benzene rings is 1. The van der Waals surface area contributed by atoms with Gasteiger partial charge in [-0.1, -0.05) is 19.1 Å². The lowest BCUT2D eigenvalue weighted by molar-refractivity contribution is 0.617. The van der Waals surface area contributed by atoms with Crippen LogP contribution in [0.2, 0.25) is 0 Å². The Morgan fingerprint density at radius 3 is 2.29 bits per heavy atom. The number of hydrogen-bond acceptors (Lipinski definition) is 2. The van der Waals surface area contributed by atoms with Gasteiger partial charge in [-0.2, -0.15) is 0 Å². The van der Waals surface area contributed by atoms with Crippen molar-refractivity contribution in [3.05, 3.63) is 29.8 Å². The summed E-state index contributed by atoms with van der Waals surface area (Å²) < 4.78 is 0. The molecule has 1 N–H and O–H groups in total. The molecule has 0 spiro atoms. The molecule has 0 bridgehead atoms. The van der Waals surface area contributed by atoms with Crippen molar-refractivity contribution >= 4 is 5.69 Å². The van der Waals surface area contributed by atoms with Crippen LogP contribution < -0.4 is 10.2 Å². The van der Waals surface area contributed by atoms with Gasteiger partial charge in [-0.25, -0.2) is 0 Å². The number of nitrogens with one attached hydrogen (secondary N) is 1. The van der Waals surface area contributed by atoms with Gasteiger partial charge in [0.05, 0.1) is 0 Å². The zero-order valence-corrected chi connectivity index (χ0v) is 11.5. The fourth-order valence-corrected chi connectivity index (χ4v) is 1.84. The van der Waals surface area contributed by atoms with Crippen molar-refractivity contribution in [1.82, 2.24) is 5.32 Å². The molecule has 0 aromatic heterocycles. The van der Waals surface area contributed by atoms with Crippen molar-refractivity contribution in [3.8, 4) is 0 Å². The van der Waals surface area contributed by atoms with E-state index in [4.69, 9.17) is 0 Å². The van der Waals surface area contributed by atoms with Crippen LogP contribution in [0.4, 0.5) is 5.69 Å². The van der Waals surface area contributed by atoms with Gasteiger partial charge < -0.3 is 10.2 Å². The van der Waals surface area contributed by atoms with Gasteiger partial charge in [0, 0.05) is 19.8 Å². The summed E-state index contributed by atoms with van der Waals surface area (Å²) in [5.41, 5.74) is 2.73. The van der Waals surface area contributed by atoms with Gasteiger partial charge in [0.25, 0.3) is 0 Å². The molecule has 0 amide bonds. The third-order valence-electron chi connectivity index (χ3n) is 2.95. The first kappa shape index (κ1) is 14.0. The van der Waals surface area contributed by atoms with Crippen LogP contribution in [-0.2, 0) is 6.42 Å². The van der Waals surface area contributed by atoms with Crippen LogP contribution in [0.25, 0.3) is 0 Å². The van der Waals surface area contributed by atoms with E-state index < -0.39 is 0 Å². The molecule has 0 saturated heterocycles. The van der Waals surface area contributed by atoms with Crippen LogP contribution in [0.3, 0.4) is 0 Å². The lowest BCUT2D eigenvalue weighted by Crippen LogP contribution is -2.15. The average molecular weight is 234 g/mol. The quantitative estimate of drug-likeness (QED) is 0.695. The third kappa shape index (κ3) is 5.73. The SMILES string of the molecule is CCCNCCCCc1ccc(N(C)C)cc1. The third-order valence-corrected chi connectivity index (χ3v) is 2.95. The predicted molar refractivity (Wildman–Crippen MR) is 76.9 cm³/mol. The normalized spacial score (nSPS) is 10.5. The molecule has 2 heteroatoms. The lowest BCUT2D eigenvalue weighted by atomic mass is 10.1. The number of nitrogens with zero attached hydrogens (tertiary/aromatic N) is 1. The Morgan fingerprint density at radius 1 is 1.00 bits per heavy atom. The molecule has 1 aromatic carbocycles. The zero-order valence-electron chi connectivity index (χ0n) is 11.5. The average Bonchev–Trinajstić information content (AvgIpc) is 2.34. The van der Waals surface area contributed by atoms with Crippen molar-refractivity contribution in [3.63, 3.8) is 0 Å². The molecule has 0 fully saturated rings. The minimum Gasteiger partial charge on any atom is -0.378 e. The summed E-state index contributed by atoms with van der Waals surface area (Å²) in [6.07, 6.45) is 4.97. The Balaban J connectivity index is 2.19. The van der Waals surface area contributed by atoms with E-state index in [1.54, 1.807) is 0 Å². The number of hydrogen-bond donors (Lipinski definition) is 1. The second-order valence-electron chi connectivity index (χ2n) is 4.77. The Hall–Kier alpha value is -1.02. The zero-order chi connectivity index (χ0) is 12.5. The Kier molecular flexibility index (Phi) is 6.71. The molecule has 0 unspecified atom stereocenters. The minimum absolute atomic E-state index is 1.15. The van der Waals surface area contributed by atoms with Crippen molar-refractivity contribution < 1.29 is 0 Å². The van der Waals surface area contributed by atoms with Gasteiger partial charge in [-0.3, -0.25) is 0 Å². The van der Waals surface area contributed by atoms with Gasteiger partial charge in [-0.15, -0.1) is 0 Å². The first-order chi connectivity index (χ1) is 8.24. The molecule has 96 valence electrons. The van der Waals surface area contributed by atoms with E-state index in [1.807, 2.05) is 0 Å². The smallest absolute Gasteiger partial charge is 0.0361 e. The van der Waals surface area contributed by atoms with Crippen LogP contribution >= 0.6 is 0 Å². The molecule has 0 saturated carbocycles. The molecule has 2 nitrogen and oxygen atoms in total. The highest BCUT2D eigenvalue weighted by Crippen LogP contribution is 2.13. The van der Waals surface area contributed by atoms with Crippen LogP contribution in [0.1, 0.15) is 31.7 Å². The number of anilines is 1. The van der Waals surface area contributed by atoms with E-state index in [2.05, 4.69) is 55.5 Å². The van der Waals surface area contributed by atoms with Gasteiger partial charge in [-0.05, 0) is 56.5 Å². The second kappa shape index (κ2) is 8.13. The fraction of sp³-hybridized carbons (Fsp3) is 0.600. The Bertz CT molecular complexity index is 290. The highest BCUT2D eigenvalue weighted by Gasteiger charge is 1.96. The van der Waals surface area contributed by atoms with Crippen molar-refractivity contribution in [2.45, 2.75) is 32.6 Å². The molecule has 0 aliphatic heterocycles. The van der Waals surface area contributed by atoms with E-state index in [0.717, 1.165) is 13.1 Å². The van der Waals surface area contributed by atoms with Crippen LogP contribution in [0.15, 0.2) is 24.3 Å². The van der Waals surface area contributed by atoms with E-state index in [0.29, 0.717) is 0 Å². The summed E-state index contributed by atoms with van der Waals surface area (Å²) >= 11 is 0. The van der Waals surface area contributed by atoms with Crippen LogP contribution in [0.5, 0.6) is 0 Å². The first-order valence-electron chi connectivity index (χ1n) is 6.71. The van der Waals surface area contributed by atoms with E-state index in [1.165, 1.54) is 36.9 Å². The van der Waals surface area contributed by atoms with Gasteiger partial charge in [0.2, 0.25) is 0 Å². The van der Waals surface area contributed by atoms with E-state index in [-0.39, 0.29) is 0 Å². The summed E-state index contributed by atoms with van der Waals surface area (Å²) in [6, 6.07) is 8.89. The highest BCUT2D eigenvalue weighted by molar-refractivity contribution is 5.45. The largest absolute Gasteiger partial charge is 0.378 e. The predicted octanol–water partition coefficient (Wildman–Crippen LogP) is 3.07. The molecule has 17 heavy (non-hydrogen) atoms. The maximum atomic E-state index is 3.44. The second-order valence-corrected chi connectivity index (χ2v) is 4.77. The minimum atomic E-state index is 1.15. The maximum absolute atomic E-state index is 3.44. The summed E-state index contributed by atoms with van der Waals surface area (Å²) in [5, 5.41) is 3.44. The molecule has 0 aliphatic carbocycles. The Morgan fingerprint density at radius 2 is 1.71 bits per heavy atom. The Labute approximate surface area is 106 Å². The van der Waals surface area contributed by atoms with Crippen molar-refractivity contribution in [2.24, 2.45) is 0 Å². The van der Waals surface area contributed by atoms with E-state index in [9.17, 15) is 0 Å². The molecule has 1 aromatic rings. The molecule has 0 atom stereocenters. The van der Waals surface area contributed by atoms with Gasteiger partial charge in [0.15, 0.2) is 0 Å². The van der Waals surface area contributed by atoms with E-state index >= 15 is 0 Å². The summed E-state index contributed by atoms with van der Waals surface area (Å²) in [6.45, 7) is 4.51. The molecular formula is C15H26N2. The lowest BCUT2D eigenvalue weighted by Gasteiger charge is -2.12. The van der Waals surface area contributed by atoms with Crippen molar-refractivity contribution in [2.75, 3.05) is 32.1 Å². The first-order valence-corrected chi connectivity index (χ1v) is 6.71. The summed E-state index contributed by atoms with van der Waals surface area (Å²) in [5.74, 6) is 0. The maximum Gasteiger partial charge on any atom is 0.0361 e. The standard InChI is InChI=1S/C15H26N2/c1-4-12-16-13-6-5-7-14-8-10-15(11-9-14)17(2)3/h8-11,16H,4-7,12-13H2,1-3H3. The summed E-state index contributed by atoms with van der Waals surface area (Å²) in [4.78, 5) is 2.14. The molecule has 1 rings (SSSR count). The topological polar surface area (TPSA) is 15.3 Å². The van der Waals surface area contributed by atoms with Gasteiger partial charge >= 0.3 is 0 Å². The monoisotopic (exact) mass is 234 g/mol. The number of aryl methyl sites for hydroxylation is 1. The molecule has 0 heterocycles. The molecule has 0 aliphatic rings. The number of rotatable bonds is 8. The summed E-state index contributed by atoms with van der Waals surface area (Å²) in [7, 11) is 4.16. The molecular weight excluding hydrogens is 208 g/mol. The highest BCUT2D eigenvalue weighted by atomic mass is 15.1. The van der Waals surface area contributed by atoms with Crippen molar-refractivity contribution in [1.29, 1.82) is 0 Å². The van der Waals surface area contributed by atoms with Gasteiger partial charge in [0.1, 0.15) is 0 Å². The molecule has 0 radical (unpaired) electrons. The number of unbranched alkanes of at least 4 members (excludes halogenated alkanes) is 1. The van der Waals surface area contributed by atoms with Crippen LogP contribution in [0, 0.1) is 0 Å². The fourth-order valence-electron chi connectivity index (χ4n) is 1.84.